The first-order valence-electron chi connectivity index (χ1n) is 51.5. The molecule has 149 heavy (non-hydrogen) atoms. The summed E-state index contributed by atoms with van der Waals surface area (Å²) in [4.78, 5) is 32.1. The van der Waals surface area contributed by atoms with Crippen LogP contribution in [0.3, 0.4) is 0 Å². The van der Waals surface area contributed by atoms with Crippen LogP contribution in [0, 0.1) is 0 Å². The minimum Gasteiger partial charge on any atom is -0.309 e. The van der Waals surface area contributed by atoms with Crippen LogP contribution >= 0.6 is 11.3 Å². The van der Waals surface area contributed by atoms with E-state index in [1.165, 1.54) is 177 Å². The predicted molar refractivity (Wildman–Crippen MR) is 633 cm³/mol. The van der Waals surface area contributed by atoms with Gasteiger partial charge in [-0.3, -0.25) is 0 Å². The summed E-state index contributed by atoms with van der Waals surface area (Å²) in [7, 11) is -6.30. The van der Waals surface area contributed by atoms with Gasteiger partial charge in [-0.2, -0.15) is 0 Å². The molecule has 31 rings (SSSR count). The Bertz CT molecular complexity index is 10300. The molecule has 8 aromatic heterocycles. The highest BCUT2D eigenvalue weighted by molar-refractivity contribution is 7.26. The number of nitrogens with zero attached hydrogens (tertiary/aromatic N) is 10. The zero-order chi connectivity index (χ0) is 99.6. The molecule has 11 heterocycles. The predicted octanol–water partition coefficient (Wildman–Crippen LogP) is 30.9. The summed E-state index contributed by atoms with van der Waals surface area (Å²) >= 11 is 1.88. The van der Waals surface area contributed by atoms with Gasteiger partial charge >= 0.3 is 0 Å². The number of hydrogen-bond acceptors (Lipinski definition) is 7. The third-order valence-corrected chi connectivity index (χ3v) is 44.1. The zero-order valence-corrected chi connectivity index (χ0v) is 87.4. The molecule has 19 aromatic carbocycles. The first-order valence-corrected chi connectivity index (χ1v) is 61.4. The number of para-hydroxylation sites is 5. The van der Waals surface area contributed by atoms with Crippen LogP contribution in [-0.4, -0.2) is 72.4 Å². The standard InChI is InChI=1S/C48H34N4Si.C45H35N3Si.C42H29N3SSi/c1-53(2)44-27-14-11-24-37(44)46-47(53)45(49-48(50-46)31-16-5-3-6-17-31)32-18-15-21-34(28-32)52-41-26-13-10-23-36(41)39-29-42-38(30-43(39)52)35-22-9-12-25-40(35)51(42)33-19-7-4-8-20-33;1-45(2)36-22-11-8-19-31(36)34-27-39-35(26-37(34)45)32-20-9-12-23-38(32)48(39)30-18-14-17-29(25-30)41-43-42(33-21-10-13-24-40(33)49(43,3)4)47-44(46-41)28-15-6-5-7-16-28;1-47(2)38-22-11-8-19-31(38)40-41(47)39(43-42(44-40)26-13-4-3-5-14-26)27-15-12-16-28(23-27)45-34-20-9-6-17-29(34)32-25-37-33(24-35(32)45)30-18-7-10-21-36(30)46-37/h3-30H,1-2H3;5-27H,1-4H3;3-25H,1-2H3. The first kappa shape index (κ1) is 88.0. The molecule has 14 heteroatoms. The van der Waals surface area contributed by atoms with Gasteiger partial charge in [0.05, 0.1) is 78.3 Å². The molecule has 0 atom stereocenters. The zero-order valence-electron chi connectivity index (χ0n) is 83.6. The fraction of sp³-hybridized carbons (Fsp3) is 0.0667. The molecule has 0 radical (unpaired) electrons. The quantitative estimate of drug-likeness (QED) is 0.127. The van der Waals surface area contributed by atoms with E-state index >= 15 is 0 Å². The largest absolute Gasteiger partial charge is 0.309 e. The van der Waals surface area contributed by atoms with Crippen LogP contribution in [-0.2, 0) is 5.41 Å². The van der Waals surface area contributed by atoms with Crippen LogP contribution in [0.2, 0.25) is 39.3 Å². The van der Waals surface area contributed by atoms with Gasteiger partial charge in [0, 0.05) is 125 Å². The molecule has 706 valence electrons. The highest BCUT2D eigenvalue weighted by Gasteiger charge is 2.46. The lowest BCUT2D eigenvalue weighted by Crippen LogP contribution is -2.50. The Labute approximate surface area is 869 Å². The lowest BCUT2D eigenvalue weighted by atomic mass is 9.82. The smallest absolute Gasteiger partial charge is 0.160 e. The van der Waals surface area contributed by atoms with Gasteiger partial charge in [-0.15, -0.1) is 11.3 Å². The second kappa shape index (κ2) is 33.5. The molecule has 0 saturated heterocycles. The molecule has 3 aliphatic heterocycles. The van der Waals surface area contributed by atoms with E-state index in [9.17, 15) is 0 Å². The normalized spacial score (nSPS) is 13.9. The summed E-state index contributed by atoms with van der Waals surface area (Å²) in [6, 6.07) is 163. The van der Waals surface area contributed by atoms with E-state index < -0.39 is 24.2 Å². The van der Waals surface area contributed by atoms with Crippen molar-refractivity contribution < 1.29 is 0 Å². The van der Waals surface area contributed by atoms with Crippen molar-refractivity contribution in [1.29, 1.82) is 0 Å². The van der Waals surface area contributed by atoms with Crippen molar-refractivity contribution >= 4 is 174 Å². The topological polar surface area (TPSA) is 97.1 Å². The van der Waals surface area contributed by atoms with E-state index in [0.717, 1.165) is 108 Å². The van der Waals surface area contributed by atoms with Gasteiger partial charge in [0.2, 0.25) is 0 Å². The molecular formula is C135H98N10SSi3. The number of thiophene rings is 1. The number of fused-ring (bicyclic) bond motifs is 27. The lowest BCUT2D eigenvalue weighted by Gasteiger charge is -2.22. The summed E-state index contributed by atoms with van der Waals surface area (Å²) in [5, 5.41) is 20.9. The Kier molecular flexibility index (Phi) is 19.8. The highest BCUT2D eigenvalue weighted by atomic mass is 32.1. The monoisotopic (exact) mass is 1970 g/mol. The molecule has 0 spiro atoms. The van der Waals surface area contributed by atoms with Crippen molar-refractivity contribution in [2.24, 2.45) is 0 Å². The van der Waals surface area contributed by atoms with Gasteiger partial charge in [0.25, 0.3) is 0 Å². The van der Waals surface area contributed by atoms with Gasteiger partial charge < -0.3 is 18.3 Å². The molecule has 27 aromatic rings. The van der Waals surface area contributed by atoms with E-state index in [4.69, 9.17) is 29.9 Å². The molecule has 0 bridgehead atoms. The van der Waals surface area contributed by atoms with Crippen LogP contribution < -0.4 is 31.1 Å². The number of hydrogen-bond donors (Lipinski definition) is 0. The maximum Gasteiger partial charge on any atom is 0.160 e. The van der Waals surface area contributed by atoms with Gasteiger partial charge in [-0.25, -0.2) is 29.9 Å². The van der Waals surface area contributed by atoms with Gasteiger partial charge in [0.1, 0.15) is 24.2 Å². The molecular weight excluding hydrogens is 1880 g/mol. The number of rotatable bonds is 10. The van der Waals surface area contributed by atoms with E-state index in [1.807, 2.05) is 29.5 Å². The molecule has 0 fully saturated rings. The van der Waals surface area contributed by atoms with Crippen LogP contribution in [0.4, 0.5) is 0 Å². The van der Waals surface area contributed by atoms with Crippen LogP contribution in [0.25, 0.3) is 243 Å². The minimum atomic E-state index is -2.12. The van der Waals surface area contributed by atoms with E-state index in [2.05, 4.69) is 502 Å². The first-order chi connectivity index (χ1) is 72.9. The number of aromatic nitrogens is 10. The van der Waals surface area contributed by atoms with E-state index in [-0.39, 0.29) is 5.41 Å². The van der Waals surface area contributed by atoms with Crippen molar-refractivity contribution in [3.05, 3.63) is 460 Å². The Balaban J connectivity index is 0.000000105. The molecule has 1 aliphatic carbocycles. The van der Waals surface area contributed by atoms with Crippen LogP contribution in [0.5, 0.6) is 0 Å². The molecule has 10 nitrogen and oxygen atoms in total. The van der Waals surface area contributed by atoms with Crippen molar-refractivity contribution in [1.82, 2.24) is 48.2 Å². The Morgan fingerprint density at radius 1 is 0.195 bits per heavy atom. The number of benzene rings is 19. The molecule has 0 N–H and O–H groups in total. The Hall–Kier alpha value is -17.5. The fourth-order valence-electron chi connectivity index (χ4n) is 25.5. The third-order valence-electron chi connectivity index (χ3n) is 32.4. The third kappa shape index (κ3) is 13.5. The van der Waals surface area contributed by atoms with Crippen LogP contribution in [0.15, 0.2) is 449 Å². The summed E-state index contributed by atoms with van der Waals surface area (Å²) in [5.41, 5.74) is 36.2. The second-order valence-corrected chi connectivity index (χ2v) is 56.3. The van der Waals surface area contributed by atoms with Crippen molar-refractivity contribution in [2.75, 3.05) is 0 Å². The summed E-state index contributed by atoms with van der Waals surface area (Å²) in [5.74, 6) is 2.31. The SMILES string of the molecule is CC1(C)c2ccccc2-c2cc3c(cc21)c1ccccc1n3-c1cccc(-c2nc(-c3ccccc3)nc3c2[Si](C)(C)c2ccccc2-3)c1.C[Si]1(C)c2ccccc2-c2nc(-c3ccccc3)nc(-c3cccc(-n4c5ccccc5c5cc6c(cc54)c4ccccc4n6-c4ccccc4)c3)c21.C[Si]1(C)c2ccccc2-c2nc(-c3ccccc3)nc(-c3cccc(-n4c5ccccc5c5cc6sc7ccccc7c6cc54)c3)c21. The van der Waals surface area contributed by atoms with Crippen molar-refractivity contribution in [2.45, 2.75) is 58.5 Å². The fourth-order valence-corrected chi connectivity index (χ4v) is 36.3. The minimum absolute atomic E-state index is 0.0542. The van der Waals surface area contributed by atoms with Gasteiger partial charge in [-0.05, 0) is 185 Å². The molecule has 0 saturated carbocycles. The van der Waals surface area contributed by atoms with Crippen molar-refractivity contribution in [3.63, 3.8) is 0 Å². The Morgan fingerprint density at radius 2 is 0.483 bits per heavy atom. The summed E-state index contributed by atoms with van der Waals surface area (Å²) in [6.45, 7) is 19.4. The molecule has 0 amide bonds. The average molecular weight is 1980 g/mol. The molecule has 0 unspecified atom stereocenters. The molecule has 4 aliphatic rings. The highest BCUT2D eigenvalue weighted by Crippen LogP contribution is 2.53. The maximum atomic E-state index is 5.43. The van der Waals surface area contributed by atoms with E-state index in [1.54, 1.807) is 0 Å². The maximum absolute atomic E-state index is 5.43. The average Bonchev–Trinajstić information content (AvgIpc) is 1.52. The second-order valence-electron chi connectivity index (χ2n) is 42.3. The lowest BCUT2D eigenvalue weighted by molar-refractivity contribution is 0.661. The van der Waals surface area contributed by atoms with E-state index in [0.29, 0.717) is 0 Å². The van der Waals surface area contributed by atoms with Gasteiger partial charge in [0.15, 0.2) is 17.5 Å². The summed E-state index contributed by atoms with van der Waals surface area (Å²) in [6.07, 6.45) is 0. The summed E-state index contributed by atoms with van der Waals surface area (Å²) < 4.78 is 12.4. The Morgan fingerprint density at radius 3 is 0.886 bits per heavy atom. The van der Waals surface area contributed by atoms with Crippen molar-refractivity contribution in [3.8, 4) is 136 Å². The van der Waals surface area contributed by atoms with Crippen LogP contribution in [0.1, 0.15) is 25.0 Å². The van der Waals surface area contributed by atoms with Gasteiger partial charge in [-0.1, -0.05) is 387 Å².